The minimum Gasteiger partial charge on any atom is -0.395 e. The molecule has 8 nitrogen and oxygen atoms in total. The van der Waals surface area contributed by atoms with E-state index in [1.54, 1.807) is 12.4 Å². The Balaban J connectivity index is 2.40. The Labute approximate surface area is 117 Å². The maximum atomic E-state index is 8.91. The van der Waals surface area contributed by atoms with Crippen LogP contribution in [0.4, 0.5) is 0 Å². The van der Waals surface area contributed by atoms with E-state index in [4.69, 9.17) is 20.4 Å². The highest BCUT2D eigenvalue weighted by molar-refractivity contribution is 5.02. The summed E-state index contributed by atoms with van der Waals surface area (Å²) in [5.74, 6) is 0. The monoisotopic (exact) mass is 286 g/mol. The molecule has 0 atom stereocenters. The molecule has 6 N–H and O–H groups in total. The Morgan fingerprint density at radius 2 is 1.10 bits per heavy atom. The highest BCUT2D eigenvalue weighted by atomic mass is 16.3. The maximum absolute atomic E-state index is 8.91. The molecule has 0 saturated carbocycles. The predicted molar refractivity (Wildman–Crippen MR) is 71.6 cm³/mol. The fourth-order valence-electron chi connectivity index (χ4n) is 1.44. The summed E-state index contributed by atoms with van der Waals surface area (Å²) in [6.45, 7) is 0.237. The fraction of sp³-hybridized carbons (Fsp3) is 0.667. The summed E-state index contributed by atoms with van der Waals surface area (Å²) in [4.78, 5) is 8.39. The van der Waals surface area contributed by atoms with Crippen LogP contribution < -0.4 is 10.6 Å². The summed E-state index contributed by atoms with van der Waals surface area (Å²) >= 11 is 0. The zero-order valence-corrected chi connectivity index (χ0v) is 11.2. The van der Waals surface area contributed by atoms with Crippen molar-refractivity contribution in [2.45, 2.75) is 25.2 Å². The largest absolute Gasteiger partial charge is 0.395 e. The van der Waals surface area contributed by atoms with Gasteiger partial charge in [0.05, 0.1) is 62.3 Å². The van der Waals surface area contributed by atoms with Gasteiger partial charge in [0.15, 0.2) is 0 Å². The average molecular weight is 286 g/mol. The average Bonchev–Trinajstić information content (AvgIpc) is 2.50. The SMILES string of the molecule is OCC(CO)NCc1cnc(CNC(CO)CO)cn1. The van der Waals surface area contributed by atoms with Gasteiger partial charge in [-0.3, -0.25) is 9.97 Å². The number of aliphatic hydroxyl groups is 4. The third-order valence-corrected chi connectivity index (χ3v) is 2.78. The van der Waals surface area contributed by atoms with Gasteiger partial charge in [0.1, 0.15) is 0 Å². The maximum Gasteiger partial charge on any atom is 0.0724 e. The molecule has 0 amide bonds. The standard InChI is InChI=1S/C12H22N4O4/c17-5-11(6-18)15-3-9-1-13-10(2-14-9)4-16-12(7-19)8-20/h1-2,11-12,15-20H,3-8H2. The molecule has 0 unspecified atom stereocenters. The molecule has 0 aliphatic carbocycles. The van der Waals surface area contributed by atoms with Crippen LogP contribution >= 0.6 is 0 Å². The molecule has 0 aliphatic heterocycles. The lowest BCUT2D eigenvalue weighted by Gasteiger charge is -2.13. The van der Waals surface area contributed by atoms with Crippen LogP contribution in [-0.4, -0.2) is 68.9 Å². The van der Waals surface area contributed by atoms with E-state index in [9.17, 15) is 0 Å². The molecule has 0 bridgehead atoms. The number of rotatable bonds is 10. The van der Waals surface area contributed by atoms with Crippen molar-refractivity contribution in [3.8, 4) is 0 Å². The normalized spacial score (nSPS) is 11.5. The van der Waals surface area contributed by atoms with E-state index in [2.05, 4.69) is 20.6 Å². The molecular weight excluding hydrogens is 264 g/mol. The first-order chi connectivity index (χ1) is 9.73. The topological polar surface area (TPSA) is 131 Å². The van der Waals surface area contributed by atoms with Crippen LogP contribution in [0.2, 0.25) is 0 Å². The molecule has 0 aliphatic rings. The van der Waals surface area contributed by atoms with Gasteiger partial charge in [-0.25, -0.2) is 0 Å². The first-order valence-electron chi connectivity index (χ1n) is 6.43. The van der Waals surface area contributed by atoms with Crippen molar-refractivity contribution >= 4 is 0 Å². The third kappa shape index (κ3) is 5.87. The smallest absolute Gasteiger partial charge is 0.0724 e. The summed E-state index contributed by atoms with van der Waals surface area (Å²) < 4.78 is 0. The van der Waals surface area contributed by atoms with E-state index in [1.165, 1.54) is 0 Å². The van der Waals surface area contributed by atoms with Crippen LogP contribution in [0.5, 0.6) is 0 Å². The zero-order chi connectivity index (χ0) is 14.8. The van der Waals surface area contributed by atoms with Gasteiger partial charge in [0, 0.05) is 13.1 Å². The molecule has 0 fully saturated rings. The lowest BCUT2D eigenvalue weighted by atomic mass is 10.3. The van der Waals surface area contributed by atoms with E-state index in [0.29, 0.717) is 24.5 Å². The van der Waals surface area contributed by atoms with Crippen molar-refractivity contribution in [2.24, 2.45) is 0 Å². The van der Waals surface area contributed by atoms with Crippen LogP contribution in [0.3, 0.4) is 0 Å². The lowest BCUT2D eigenvalue weighted by molar-refractivity contribution is 0.169. The van der Waals surface area contributed by atoms with Crippen LogP contribution in [-0.2, 0) is 13.1 Å². The van der Waals surface area contributed by atoms with Crippen molar-refractivity contribution < 1.29 is 20.4 Å². The first-order valence-corrected chi connectivity index (χ1v) is 6.43. The van der Waals surface area contributed by atoms with E-state index in [0.717, 1.165) is 0 Å². The Morgan fingerprint density at radius 1 is 0.750 bits per heavy atom. The molecule has 1 aromatic rings. The van der Waals surface area contributed by atoms with Gasteiger partial charge in [-0.15, -0.1) is 0 Å². The second-order valence-electron chi connectivity index (χ2n) is 4.39. The van der Waals surface area contributed by atoms with Gasteiger partial charge in [-0.05, 0) is 0 Å². The van der Waals surface area contributed by atoms with E-state index in [-0.39, 0.29) is 38.5 Å². The number of nitrogens with zero attached hydrogens (tertiary/aromatic N) is 2. The highest BCUT2D eigenvalue weighted by Gasteiger charge is 2.07. The minimum absolute atomic E-state index is 0.143. The summed E-state index contributed by atoms with van der Waals surface area (Å²) in [6.07, 6.45) is 3.20. The molecule has 8 heteroatoms. The molecule has 0 spiro atoms. The Bertz CT molecular complexity index is 320. The summed E-state index contributed by atoms with van der Waals surface area (Å²) in [5, 5.41) is 41.5. The molecule has 1 heterocycles. The number of hydrogen-bond acceptors (Lipinski definition) is 8. The molecule has 0 aromatic carbocycles. The number of hydrogen-bond donors (Lipinski definition) is 6. The molecule has 20 heavy (non-hydrogen) atoms. The molecular formula is C12H22N4O4. The van der Waals surface area contributed by atoms with Gasteiger partial charge in [0.25, 0.3) is 0 Å². The predicted octanol–water partition coefficient (Wildman–Crippen LogP) is -2.64. The van der Waals surface area contributed by atoms with Crippen LogP contribution in [0.25, 0.3) is 0 Å². The molecule has 0 saturated heterocycles. The first kappa shape index (κ1) is 16.9. The third-order valence-electron chi connectivity index (χ3n) is 2.78. The summed E-state index contributed by atoms with van der Waals surface area (Å²) in [6, 6.07) is -0.735. The van der Waals surface area contributed by atoms with Crippen LogP contribution in [0.1, 0.15) is 11.4 Å². The van der Waals surface area contributed by atoms with Gasteiger partial charge in [0.2, 0.25) is 0 Å². The number of aliphatic hydroxyl groups excluding tert-OH is 4. The van der Waals surface area contributed by atoms with E-state index in [1.807, 2.05) is 0 Å². The quantitative estimate of drug-likeness (QED) is 0.275. The summed E-state index contributed by atoms with van der Waals surface area (Å²) in [5.41, 5.74) is 1.39. The van der Waals surface area contributed by atoms with Crippen molar-refractivity contribution in [3.63, 3.8) is 0 Å². The Morgan fingerprint density at radius 3 is 1.35 bits per heavy atom. The zero-order valence-electron chi connectivity index (χ0n) is 11.2. The summed E-state index contributed by atoms with van der Waals surface area (Å²) in [7, 11) is 0. The van der Waals surface area contributed by atoms with Crippen molar-refractivity contribution in [2.75, 3.05) is 26.4 Å². The van der Waals surface area contributed by atoms with E-state index >= 15 is 0 Å². The Kier molecular flexibility index (Phi) is 8.19. The van der Waals surface area contributed by atoms with Gasteiger partial charge < -0.3 is 31.1 Å². The molecule has 1 rings (SSSR count). The number of aromatic nitrogens is 2. The second kappa shape index (κ2) is 9.70. The van der Waals surface area contributed by atoms with E-state index < -0.39 is 0 Å². The van der Waals surface area contributed by atoms with Crippen molar-refractivity contribution in [1.29, 1.82) is 0 Å². The van der Waals surface area contributed by atoms with Gasteiger partial charge >= 0.3 is 0 Å². The fourth-order valence-corrected chi connectivity index (χ4v) is 1.44. The molecule has 0 radical (unpaired) electrons. The Hall–Kier alpha value is -1.16. The van der Waals surface area contributed by atoms with Gasteiger partial charge in [-0.1, -0.05) is 0 Å². The molecule has 1 aromatic heterocycles. The van der Waals surface area contributed by atoms with Gasteiger partial charge in [-0.2, -0.15) is 0 Å². The minimum atomic E-state index is -0.368. The van der Waals surface area contributed by atoms with Crippen LogP contribution in [0, 0.1) is 0 Å². The van der Waals surface area contributed by atoms with Crippen LogP contribution in [0.15, 0.2) is 12.4 Å². The van der Waals surface area contributed by atoms with Crippen molar-refractivity contribution in [3.05, 3.63) is 23.8 Å². The second-order valence-corrected chi connectivity index (χ2v) is 4.39. The highest BCUT2D eigenvalue weighted by Crippen LogP contribution is 1.97. The van der Waals surface area contributed by atoms with Crippen molar-refractivity contribution in [1.82, 2.24) is 20.6 Å². The molecule has 114 valence electrons. The number of nitrogens with one attached hydrogen (secondary N) is 2. The lowest BCUT2D eigenvalue weighted by Crippen LogP contribution is -2.36.